The monoisotopic (exact) mass is 325 g/mol. The van der Waals surface area contributed by atoms with Crippen LogP contribution in [-0.4, -0.2) is 16.5 Å². The van der Waals surface area contributed by atoms with Crippen LogP contribution in [0.5, 0.6) is 0 Å². The summed E-state index contributed by atoms with van der Waals surface area (Å²) in [6.07, 6.45) is 4.77. The maximum absolute atomic E-state index is 4.49. The number of nitrogens with one attached hydrogen (secondary N) is 1. The number of rotatable bonds is 5. The van der Waals surface area contributed by atoms with Gasteiger partial charge in [0.05, 0.1) is 23.6 Å². The van der Waals surface area contributed by atoms with Crippen LogP contribution >= 0.6 is 27.3 Å². The predicted molar refractivity (Wildman–Crippen MR) is 78.9 cm³/mol. The van der Waals surface area contributed by atoms with E-state index in [1.54, 1.807) is 11.3 Å². The molecule has 2 aromatic rings. The zero-order chi connectivity index (χ0) is 13.0. The van der Waals surface area contributed by atoms with Crippen molar-refractivity contribution in [2.75, 3.05) is 6.54 Å². The summed E-state index contributed by atoms with van der Waals surface area (Å²) in [6, 6.07) is 2.19. The number of thiophene rings is 1. The van der Waals surface area contributed by atoms with Crippen LogP contribution in [0.2, 0.25) is 0 Å². The number of halogens is 1. The van der Waals surface area contributed by atoms with E-state index in [-0.39, 0.29) is 6.04 Å². The van der Waals surface area contributed by atoms with Crippen molar-refractivity contribution in [3.8, 4) is 0 Å². The maximum Gasteiger partial charge on any atom is 0.0872 e. The lowest BCUT2D eigenvalue weighted by Crippen LogP contribution is -2.23. The summed E-state index contributed by atoms with van der Waals surface area (Å²) in [5.74, 6) is 0. The van der Waals surface area contributed by atoms with Gasteiger partial charge in [0.1, 0.15) is 0 Å². The third kappa shape index (κ3) is 3.16. The molecule has 0 bridgehead atoms. The van der Waals surface area contributed by atoms with E-state index in [4.69, 9.17) is 0 Å². The zero-order valence-corrected chi connectivity index (χ0v) is 12.9. The van der Waals surface area contributed by atoms with Gasteiger partial charge in [-0.1, -0.05) is 6.92 Å². The van der Waals surface area contributed by atoms with E-state index >= 15 is 0 Å². The molecule has 1 unspecified atom stereocenters. The van der Waals surface area contributed by atoms with E-state index in [0.29, 0.717) is 0 Å². The molecular weight excluding hydrogens is 310 g/mol. The average Bonchev–Trinajstić information content (AvgIpc) is 2.78. The fraction of sp³-hybridized carbons (Fsp3) is 0.385. The molecule has 0 saturated carbocycles. The van der Waals surface area contributed by atoms with Gasteiger partial charge in [0.25, 0.3) is 0 Å². The van der Waals surface area contributed by atoms with Crippen molar-refractivity contribution in [2.45, 2.75) is 26.3 Å². The molecule has 0 aromatic carbocycles. The van der Waals surface area contributed by atoms with Crippen molar-refractivity contribution in [3.05, 3.63) is 44.6 Å². The molecule has 0 amide bonds. The largest absolute Gasteiger partial charge is 0.304 e. The SMILES string of the molecule is CCCNC(c1cnc(C)cn1)c1sccc1Br. The molecule has 0 spiro atoms. The molecule has 96 valence electrons. The molecule has 0 aliphatic heterocycles. The molecule has 2 aromatic heterocycles. The van der Waals surface area contributed by atoms with Gasteiger partial charge >= 0.3 is 0 Å². The second-order valence-electron chi connectivity index (χ2n) is 4.10. The first kappa shape index (κ1) is 13.6. The lowest BCUT2D eigenvalue weighted by Gasteiger charge is -2.17. The Morgan fingerprint density at radius 3 is 2.78 bits per heavy atom. The molecule has 5 heteroatoms. The molecule has 0 aliphatic rings. The second-order valence-corrected chi connectivity index (χ2v) is 5.90. The first-order valence-corrected chi connectivity index (χ1v) is 7.64. The molecule has 2 heterocycles. The van der Waals surface area contributed by atoms with Crippen LogP contribution in [0, 0.1) is 6.92 Å². The normalized spacial score (nSPS) is 12.6. The Labute approximate surface area is 120 Å². The summed E-state index contributed by atoms with van der Waals surface area (Å²) in [5.41, 5.74) is 1.91. The minimum absolute atomic E-state index is 0.118. The quantitative estimate of drug-likeness (QED) is 0.910. The van der Waals surface area contributed by atoms with Crippen LogP contribution in [-0.2, 0) is 0 Å². The Hall–Kier alpha value is -0.780. The Kier molecular flexibility index (Phi) is 4.86. The number of aromatic nitrogens is 2. The van der Waals surface area contributed by atoms with Crippen LogP contribution in [0.3, 0.4) is 0 Å². The molecule has 0 fully saturated rings. The second kappa shape index (κ2) is 6.41. The standard InChI is InChI=1S/C13H16BrN3S/c1-3-5-15-12(13-10(14)4-6-18-13)11-8-16-9(2)7-17-11/h4,6-8,12,15H,3,5H2,1-2H3. The smallest absolute Gasteiger partial charge is 0.0872 e. The van der Waals surface area contributed by atoms with Crippen LogP contribution in [0.4, 0.5) is 0 Å². The number of nitrogens with zero attached hydrogens (tertiary/aromatic N) is 2. The molecule has 1 N–H and O–H groups in total. The summed E-state index contributed by atoms with van der Waals surface area (Å²) in [4.78, 5) is 10.1. The van der Waals surface area contributed by atoms with Gasteiger partial charge in [-0.3, -0.25) is 9.97 Å². The number of aryl methyl sites for hydroxylation is 1. The Morgan fingerprint density at radius 2 is 2.22 bits per heavy atom. The highest BCUT2D eigenvalue weighted by atomic mass is 79.9. The molecule has 0 radical (unpaired) electrons. The van der Waals surface area contributed by atoms with Gasteiger partial charge in [0, 0.05) is 15.5 Å². The minimum atomic E-state index is 0.118. The van der Waals surface area contributed by atoms with E-state index < -0.39 is 0 Å². The van der Waals surface area contributed by atoms with Crippen molar-refractivity contribution in [2.24, 2.45) is 0 Å². The van der Waals surface area contributed by atoms with Gasteiger partial charge in [-0.05, 0) is 47.3 Å². The number of hydrogen-bond donors (Lipinski definition) is 1. The summed E-state index contributed by atoms with van der Waals surface area (Å²) in [7, 11) is 0. The highest BCUT2D eigenvalue weighted by Crippen LogP contribution is 2.32. The van der Waals surface area contributed by atoms with Crippen LogP contribution < -0.4 is 5.32 Å². The molecular formula is C13H16BrN3S. The molecule has 3 nitrogen and oxygen atoms in total. The third-order valence-corrected chi connectivity index (χ3v) is 4.54. The Bertz CT molecular complexity index is 495. The highest BCUT2D eigenvalue weighted by Gasteiger charge is 2.18. The van der Waals surface area contributed by atoms with Gasteiger partial charge in [-0.15, -0.1) is 11.3 Å². The molecule has 2 rings (SSSR count). The lowest BCUT2D eigenvalue weighted by atomic mass is 10.1. The summed E-state index contributed by atoms with van der Waals surface area (Å²) in [6.45, 7) is 5.07. The van der Waals surface area contributed by atoms with Gasteiger partial charge in [-0.25, -0.2) is 0 Å². The van der Waals surface area contributed by atoms with Crippen molar-refractivity contribution >= 4 is 27.3 Å². The molecule has 18 heavy (non-hydrogen) atoms. The first-order valence-electron chi connectivity index (χ1n) is 5.97. The van der Waals surface area contributed by atoms with Crippen molar-refractivity contribution in [1.82, 2.24) is 15.3 Å². The molecule has 0 saturated heterocycles. The molecule has 1 atom stereocenters. The van der Waals surface area contributed by atoms with Crippen LogP contribution in [0.1, 0.15) is 35.7 Å². The highest BCUT2D eigenvalue weighted by molar-refractivity contribution is 9.10. The summed E-state index contributed by atoms with van der Waals surface area (Å²) in [5, 5.41) is 5.61. The van der Waals surface area contributed by atoms with Crippen molar-refractivity contribution in [1.29, 1.82) is 0 Å². The van der Waals surface area contributed by atoms with Gasteiger partial charge in [-0.2, -0.15) is 0 Å². The van der Waals surface area contributed by atoms with Gasteiger partial charge < -0.3 is 5.32 Å². The van der Waals surface area contributed by atoms with E-state index in [0.717, 1.165) is 28.8 Å². The number of hydrogen-bond acceptors (Lipinski definition) is 4. The van der Waals surface area contributed by atoms with E-state index in [1.165, 1.54) is 4.88 Å². The van der Waals surface area contributed by atoms with Crippen LogP contribution in [0.15, 0.2) is 28.3 Å². The maximum atomic E-state index is 4.49. The first-order chi connectivity index (χ1) is 8.72. The van der Waals surface area contributed by atoms with E-state index in [1.807, 2.05) is 19.3 Å². The Balaban J connectivity index is 2.30. The fourth-order valence-electron chi connectivity index (χ4n) is 1.68. The minimum Gasteiger partial charge on any atom is -0.304 e. The fourth-order valence-corrected chi connectivity index (χ4v) is 3.37. The van der Waals surface area contributed by atoms with Gasteiger partial charge in [0.15, 0.2) is 0 Å². The summed E-state index contributed by atoms with van der Waals surface area (Å²) >= 11 is 5.32. The lowest BCUT2D eigenvalue weighted by molar-refractivity contribution is 0.589. The summed E-state index contributed by atoms with van der Waals surface area (Å²) < 4.78 is 1.13. The average molecular weight is 326 g/mol. The van der Waals surface area contributed by atoms with Crippen LogP contribution in [0.25, 0.3) is 0 Å². The van der Waals surface area contributed by atoms with Crippen molar-refractivity contribution < 1.29 is 0 Å². The van der Waals surface area contributed by atoms with E-state index in [9.17, 15) is 0 Å². The topological polar surface area (TPSA) is 37.8 Å². The zero-order valence-electron chi connectivity index (χ0n) is 10.5. The Morgan fingerprint density at radius 1 is 1.39 bits per heavy atom. The van der Waals surface area contributed by atoms with E-state index in [2.05, 4.69) is 49.6 Å². The van der Waals surface area contributed by atoms with Gasteiger partial charge in [0.2, 0.25) is 0 Å². The van der Waals surface area contributed by atoms with Crippen molar-refractivity contribution in [3.63, 3.8) is 0 Å². The third-order valence-electron chi connectivity index (χ3n) is 2.60. The predicted octanol–water partition coefficient (Wildman–Crippen LogP) is 3.70. The molecule has 0 aliphatic carbocycles.